The summed E-state index contributed by atoms with van der Waals surface area (Å²) in [6, 6.07) is 8.32. The molecule has 11 heteroatoms. The summed E-state index contributed by atoms with van der Waals surface area (Å²) < 4.78 is 6.06. The number of rotatable bonds is 20. The van der Waals surface area contributed by atoms with Crippen molar-refractivity contribution in [3.63, 3.8) is 0 Å². The molecule has 1 aromatic heterocycles. The maximum Gasteiger partial charge on any atom is 0.280 e. The molecule has 2 rings (SSSR count). The summed E-state index contributed by atoms with van der Waals surface area (Å²) in [6.45, 7) is 9.05. The number of hydrogen-bond acceptors (Lipinski definition) is 8. The Morgan fingerprint density at radius 2 is 1.56 bits per heavy atom. The fraction of sp³-hybridized carbons (Fsp3) is 0.600. The standard InChI is InChI=1S/C30H49ClN8O2/c1-3-5-7-11-19-39(20-12-8-6-4-2)21-22-41-24-16-14-23(15-17-24)13-9-10-18-35-30(34)38-29(40)25-27(32)37-28(33)26(31)36-25/h14-17H,3-13,18-22H2,1-2H3,(H4,32,33,37)(H3,34,35,38,40). The summed E-state index contributed by atoms with van der Waals surface area (Å²) in [5.74, 6) is -0.121. The topological polar surface area (TPSA) is 155 Å². The SMILES string of the molecule is CCCCCCN(CCCCCC)CCOc1ccc(CCCCNC(=N)NC(=O)c2nc(Cl)c(N)nc2N)cc1. The number of aryl methyl sites for hydroxylation is 1. The summed E-state index contributed by atoms with van der Waals surface area (Å²) >= 11 is 5.81. The van der Waals surface area contributed by atoms with E-state index in [2.05, 4.69) is 51.5 Å². The van der Waals surface area contributed by atoms with Gasteiger partial charge in [-0.2, -0.15) is 0 Å². The van der Waals surface area contributed by atoms with Gasteiger partial charge in [0.05, 0.1) is 0 Å². The molecule has 0 saturated carbocycles. The lowest BCUT2D eigenvalue weighted by Crippen LogP contribution is -2.41. The van der Waals surface area contributed by atoms with E-state index < -0.39 is 5.91 Å². The van der Waals surface area contributed by atoms with E-state index in [1.165, 1.54) is 56.9 Å². The maximum atomic E-state index is 12.3. The number of halogens is 1. The Labute approximate surface area is 250 Å². The minimum absolute atomic E-state index is 0.0561. The lowest BCUT2D eigenvalue weighted by atomic mass is 10.1. The highest BCUT2D eigenvalue weighted by Gasteiger charge is 2.17. The van der Waals surface area contributed by atoms with Crippen LogP contribution in [0.4, 0.5) is 11.6 Å². The molecule has 0 saturated heterocycles. The van der Waals surface area contributed by atoms with Gasteiger partial charge in [-0.05, 0) is 62.9 Å². The first-order chi connectivity index (χ1) is 19.8. The number of nitrogens with zero attached hydrogens (tertiary/aromatic N) is 3. The van der Waals surface area contributed by atoms with Gasteiger partial charge in [-0.25, -0.2) is 9.97 Å². The van der Waals surface area contributed by atoms with Gasteiger partial charge < -0.3 is 21.5 Å². The normalized spacial score (nSPS) is 11.0. The van der Waals surface area contributed by atoms with Crippen molar-refractivity contribution in [3.05, 3.63) is 40.7 Å². The molecule has 7 N–H and O–H groups in total. The van der Waals surface area contributed by atoms with Gasteiger partial charge in [-0.3, -0.25) is 20.4 Å². The van der Waals surface area contributed by atoms with Crippen molar-refractivity contribution in [3.8, 4) is 5.75 Å². The van der Waals surface area contributed by atoms with Crippen LogP contribution >= 0.6 is 11.6 Å². The smallest absolute Gasteiger partial charge is 0.280 e. The van der Waals surface area contributed by atoms with Gasteiger partial charge in [0.1, 0.15) is 12.4 Å². The average molecular weight is 589 g/mol. The van der Waals surface area contributed by atoms with Crippen molar-refractivity contribution >= 4 is 35.1 Å². The zero-order chi connectivity index (χ0) is 29.9. The van der Waals surface area contributed by atoms with Gasteiger partial charge in [0.25, 0.3) is 5.91 Å². The van der Waals surface area contributed by atoms with Crippen LogP contribution in [-0.2, 0) is 6.42 Å². The summed E-state index contributed by atoms with van der Waals surface area (Å²) in [5.41, 5.74) is 12.3. The molecule has 10 nitrogen and oxygen atoms in total. The predicted octanol–water partition coefficient (Wildman–Crippen LogP) is 5.41. The van der Waals surface area contributed by atoms with E-state index in [-0.39, 0.29) is 28.4 Å². The maximum absolute atomic E-state index is 12.3. The second kappa shape index (κ2) is 19.9. The van der Waals surface area contributed by atoms with Crippen molar-refractivity contribution in [1.82, 2.24) is 25.5 Å². The van der Waals surface area contributed by atoms with Crippen LogP contribution in [0.2, 0.25) is 5.15 Å². The molecule has 0 aliphatic rings. The number of amides is 1. The zero-order valence-corrected chi connectivity index (χ0v) is 25.6. The van der Waals surface area contributed by atoms with E-state index in [1.807, 2.05) is 12.1 Å². The molecule has 1 amide bonds. The van der Waals surface area contributed by atoms with Gasteiger partial charge >= 0.3 is 0 Å². The number of nitrogens with one attached hydrogen (secondary N) is 3. The molecule has 0 radical (unpaired) electrons. The molecule has 0 fully saturated rings. The molecule has 1 heterocycles. The quantitative estimate of drug-likeness (QED) is 0.0780. The molecular formula is C30H49ClN8O2. The Morgan fingerprint density at radius 3 is 2.20 bits per heavy atom. The number of benzene rings is 1. The number of carbonyl (C=O) groups is 1. The Hall–Kier alpha value is -3.11. The number of unbranched alkanes of at least 4 members (excludes halogenated alkanes) is 7. The molecular weight excluding hydrogens is 540 g/mol. The third-order valence-electron chi connectivity index (χ3n) is 6.81. The average Bonchev–Trinajstić information content (AvgIpc) is 2.95. The molecule has 0 unspecified atom stereocenters. The molecule has 0 aliphatic heterocycles. The predicted molar refractivity (Wildman–Crippen MR) is 169 cm³/mol. The van der Waals surface area contributed by atoms with Crippen LogP contribution in [0.1, 0.15) is 94.1 Å². The Bertz CT molecular complexity index is 1040. The number of guanidine groups is 1. The second-order valence-electron chi connectivity index (χ2n) is 10.3. The van der Waals surface area contributed by atoms with E-state index in [0.717, 1.165) is 44.6 Å². The Balaban J connectivity index is 1.64. The summed E-state index contributed by atoms with van der Waals surface area (Å²) in [4.78, 5) is 22.5. The molecule has 2 aromatic rings. The number of nitrogen functional groups attached to an aromatic ring is 2. The van der Waals surface area contributed by atoms with Crippen molar-refractivity contribution in [2.24, 2.45) is 0 Å². The molecule has 0 bridgehead atoms. The highest BCUT2D eigenvalue weighted by Crippen LogP contribution is 2.17. The van der Waals surface area contributed by atoms with Crippen LogP contribution in [-0.4, -0.2) is 59.5 Å². The molecule has 228 valence electrons. The van der Waals surface area contributed by atoms with E-state index in [9.17, 15) is 4.79 Å². The third-order valence-corrected chi connectivity index (χ3v) is 7.09. The molecule has 1 aromatic carbocycles. The lowest BCUT2D eigenvalue weighted by molar-refractivity contribution is 0.0971. The zero-order valence-electron chi connectivity index (χ0n) is 24.8. The van der Waals surface area contributed by atoms with E-state index in [1.54, 1.807) is 0 Å². The monoisotopic (exact) mass is 588 g/mol. The van der Waals surface area contributed by atoms with E-state index in [0.29, 0.717) is 13.2 Å². The molecule has 0 aliphatic carbocycles. The fourth-order valence-corrected chi connectivity index (χ4v) is 4.52. The van der Waals surface area contributed by atoms with Gasteiger partial charge in [0.15, 0.2) is 28.4 Å². The van der Waals surface area contributed by atoms with Crippen LogP contribution in [0.3, 0.4) is 0 Å². The van der Waals surface area contributed by atoms with Crippen LogP contribution < -0.4 is 26.8 Å². The highest BCUT2D eigenvalue weighted by molar-refractivity contribution is 6.31. The van der Waals surface area contributed by atoms with Crippen molar-refractivity contribution in [2.45, 2.75) is 84.5 Å². The van der Waals surface area contributed by atoms with Gasteiger partial charge in [-0.1, -0.05) is 76.1 Å². The van der Waals surface area contributed by atoms with E-state index in [4.69, 9.17) is 33.2 Å². The minimum Gasteiger partial charge on any atom is -0.492 e. The Kier molecular flexibility index (Phi) is 16.5. The highest BCUT2D eigenvalue weighted by atomic mass is 35.5. The number of ether oxygens (including phenoxy) is 1. The lowest BCUT2D eigenvalue weighted by Gasteiger charge is -2.22. The van der Waals surface area contributed by atoms with Crippen LogP contribution in [0.25, 0.3) is 0 Å². The second-order valence-corrected chi connectivity index (χ2v) is 10.7. The third kappa shape index (κ3) is 13.9. The number of anilines is 2. The fourth-order valence-electron chi connectivity index (χ4n) is 4.40. The van der Waals surface area contributed by atoms with Crippen LogP contribution in [0.5, 0.6) is 5.75 Å². The number of nitrogens with two attached hydrogens (primary N) is 2. The summed E-state index contributed by atoms with van der Waals surface area (Å²) in [5, 5.41) is 13.1. The van der Waals surface area contributed by atoms with Gasteiger partial charge in [0.2, 0.25) is 0 Å². The van der Waals surface area contributed by atoms with Crippen molar-refractivity contribution < 1.29 is 9.53 Å². The summed E-state index contributed by atoms with van der Waals surface area (Å²) in [7, 11) is 0. The van der Waals surface area contributed by atoms with Gasteiger partial charge in [0, 0.05) is 13.1 Å². The first-order valence-electron chi connectivity index (χ1n) is 15.0. The largest absolute Gasteiger partial charge is 0.492 e. The van der Waals surface area contributed by atoms with E-state index >= 15 is 0 Å². The first kappa shape index (κ1) is 34.1. The molecule has 41 heavy (non-hydrogen) atoms. The number of carbonyl (C=O) groups excluding carboxylic acids is 1. The van der Waals surface area contributed by atoms with Crippen molar-refractivity contribution in [2.75, 3.05) is 44.3 Å². The Morgan fingerprint density at radius 1 is 0.902 bits per heavy atom. The van der Waals surface area contributed by atoms with Gasteiger partial charge in [-0.15, -0.1) is 0 Å². The first-order valence-corrected chi connectivity index (χ1v) is 15.4. The molecule has 0 atom stereocenters. The molecule has 0 spiro atoms. The number of aromatic nitrogens is 2. The number of hydrogen-bond donors (Lipinski definition) is 5. The van der Waals surface area contributed by atoms with Crippen LogP contribution in [0, 0.1) is 5.41 Å². The van der Waals surface area contributed by atoms with Crippen LogP contribution in [0.15, 0.2) is 24.3 Å². The van der Waals surface area contributed by atoms with Crippen molar-refractivity contribution in [1.29, 1.82) is 5.41 Å². The minimum atomic E-state index is -0.677. The summed E-state index contributed by atoms with van der Waals surface area (Å²) in [6.07, 6.45) is 13.0.